The largest absolute Gasteiger partial charge is 0.496 e. The number of benzene rings is 1. The van der Waals surface area contributed by atoms with Gasteiger partial charge in [0.15, 0.2) is 5.82 Å². The molecule has 2 aromatic rings. The molecular formula is C15H18ClN3O2. The quantitative estimate of drug-likeness (QED) is 0.863. The third-order valence-electron chi connectivity index (χ3n) is 2.82. The molecule has 0 aliphatic rings. The Bertz CT molecular complexity index is 660. The van der Waals surface area contributed by atoms with E-state index in [0.717, 1.165) is 16.7 Å². The Labute approximate surface area is 129 Å². The average Bonchev–Trinajstić information content (AvgIpc) is 2.35. The van der Waals surface area contributed by atoms with Crippen molar-refractivity contribution in [2.24, 2.45) is 0 Å². The van der Waals surface area contributed by atoms with Crippen molar-refractivity contribution >= 4 is 11.6 Å². The molecule has 0 unspecified atom stereocenters. The van der Waals surface area contributed by atoms with E-state index < -0.39 is 0 Å². The van der Waals surface area contributed by atoms with Crippen molar-refractivity contribution in [2.75, 3.05) is 7.11 Å². The van der Waals surface area contributed by atoms with Gasteiger partial charge in [-0.2, -0.15) is 15.0 Å². The number of methoxy groups -OCH3 is 1. The summed E-state index contributed by atoms with van der Waals surface area (Å²) in [6.07, 6.45) is -0.0441. The van der Waals surface area contributed by atoms with Crippen molar-refractivity contribution in [3.63, 3.8) is 0 Å². The molecule has 0 aliphatic heterocycles. The summed E-state index contributed by atoms with van der Waals surface area (Å²) < 4.78 is 10.9. The second kappa shape index (κ2) is 6.26. The van der Waals surface area contributed by atoms with Crippen LogP contribution in [0.2, 0.25) is 5.28 Å². The minimum absolute atomic E-state index is 0.0441. The molecule has 0 fully saturated rings. The highest BCUT2D eigenvalue weighted by molar-refractivity contribution is 6.28. The fourth-order valence-corrected chi connectivity index (χ4v) is 2.24. The summed E-state index contributed by atoms with van der Waals surface area (Å²) >= 11 is 5.98. The minimum Gasteiger partial charge on any atom is -0.496 e. The highest BCUT2D eigenvalue weighted by Gasteiger charge is 2.16. The van der Waals surface area contributed by atoms with Crippen LogP contribution in [0.3, 0.4) is 0 Å². The molecule has 1 aromatic heterocycles. The number of aromatic nitrogens is 3. The topological polar surface area (TPSA) is 57.1 Å². The Morgan fingerprint density at radius 1 is 1.10 bits per heavy atom. The normalized spacial score (nSPS) is 10.8. The number of nitrogens with zero attached hydrogens (tertiary/aromatic N) is 3. The maximum atomic E-state index is 5.98. The summed E-state index contributed by atoms with van der Waals surface area (Å²) in [6.45, 7) is 7.78. The van der Waals surface area contributed by atoms with Gasteiger partial charge in [0, 0.05) is 0 Å². The lowest BCUT2D eigenvalue weighted by molar-refractivity contribution is 0.222. The molecule has 0 spiro atoms. The van der Waals surface area contributed by atoms with Crippen LogP contribution in [0.15, 0.2) is 12.1 Å². The van der Waals surface area contributed by atoms with Gasteiger partial charge in [-0.1, -0.05) is 6.07 Å². The van der Waals surface area contributed by atoms with E-state index in [0.29, 0.717) is 11.6 Å². The molecule has 1 heterocycles. The second-order valence-corrected chi connectivity index (χ2v) is 5.37. The second-order valence-electron chi connectivity index (χ2n) is 5.04. The van der Waals surface area contributed by atoms with Crippen molar-refractivity contribution in [3.05, 3.63) is 28.5 Å². The first-order valence-electron chi connectivity index (χ1n) is 6.64. The predicted octanol–water partition coefficient (Wildman–Crippen LogP) is 3.60. The SMILES string of the molecule is COc1cc(C)cc(C)c1-c1nc(Cl)nc(OC(C)C)n1. The molecule has 0 saturated heterocycles. The van der Waals surface area contributed by atoms with Crippen LogP contribution in [0, 0.1) is 13.8 Å². The average molecular weight is 308 g/mol. The smallest absolute Gasteiger partial charge is 0.321 e. The van der Waals surface area contributed by atoms with Crippen LogP contribution in [0.25, 0.3) is 11.4 Å². The van der Waals surface area contributed by atoms with Crippen molar-refractivity contribution < 1.29 is 9.47 Å². The minimum atomic E-state index is -0.0441. The fourth-order valence-electron chi connectivity index (χ4n) is 2.08. The van der Waals surface area contributed by atoms with Gasteiger partial charge in [-0.05, 0) is 56.5 Å². The van der Waals surface area contributed by atoms with Gasteiger partial charge in [0.05, 0.1) is 18.8 Å². The van der Waals surface area contributed by atoms with Crippen LogP contribution < -0.4 is 9.47 Å². The van der Waals surface area contributed by atoms with Crippen molar-refractivity contribution in [1.82, 2.24) is 15.0 Å². The van der Waals surface area contributed by atoms with Crippen LogP contribution in [0.5, 0.6) is 11.8 Å². The van der Waals surface area contributed by atoms with Crippen LogP contribution >= 0.6 is 11.6 Å². The molecule has 0 atom stereocenters. The lowest BCUT2D eigenvalue weighted by Crippen LogP contribution is -2.10. The number of aryl methyl sites for hydroxylation is 2. The van der Waals surface area contributed by atoms with E-state index in [4.69, 9.17) is 21.1 Å². The Morgan fingerprint density at radius 3 is 2.43 bits per heavy atom. The molecule has 0 radical (unpaired) electrons. The summed E-state index contributed by atoms with van der Waals surface area (Å²) in [5, 5.41) is 0.0951. The number of ether oxygens (including phenoxy) is 2. The van der Waals surface area contributed by atoms with Gasteiger partial charge in [-0.3, -0.25) is 0 Å². The van der Waals surface area contributed by atoms with E-state index in [1.54, 1.807) is 7.11 Å². The molecule has 112 valence electrons. The summed E-state index contributed by atoms with van der Waals surface area (Å²) in [6, 6.07) is 4.18. The van der Waals surface area contributed by atoms with Gasteiger partial charge >= 0.3 is 6.01 Å². The van der Waals surface area contributed by atoms with E-state index in [1.165, 1.54) is 0 Å². The molecule has 6 heteroatoms. The Morgan fingerprint density at radius 2 is 1.81 bits per heavy atom. The maximum Gasteiger partial charge on any atom is 0.321 e. The Hall–Kier alpha value is -1.88. The molecule has 0 aliphatic carbocycles. The van der Waals surface area contributed by atoms with E-state index in [1.807, 2.05) is 39.8 Å². The van der Waals surface area contributed by atoms with Crippen molar-refractivity contribution in [2.45, 2.75) is 33.8 Å². The number of hydrogen-bond acceptors (Lipinski definition) is 5. The van der Waals surface area contributed by atoms with E-state index >= 15 is 0 Å². The third-order valence-corrected chi connectivity index (χ3v) is 2.98. The highest BCUT2D eigenvalue weighted by Crippen LogP contribution is 2.33. The first kappa shape index (κ1) is 15.5. The zero-order valence-electron chi connectivity index (χ0n) is 12.8. The van der Waals surface area contributed by atoms with Gasteiger partial charge in [0.2, 0.25) is 5.28 Å². The van der Waals surface area contributed by atoms with Crippen LogP contribution in [0.4, 0.5) is 0 Å². The molecule has 1 aromatic carbocycles. The maximum absolute atomic E-state index is 5.98. The van der Waals surface area contributed by atoms with Crippen molar-refractivity contribution in [1.29, 1.82) is 0 Å². The Balaban J connectivity index is 2.59. The number of halogens is 1. The molecule has 0 amide bonds. The van der Waals surface area contributed by atoms with Gasteiger partial charge in [0.1, 0.15) is 5.75 Å². The fraction of sp³-hybridized carbons (Fsp3) is 0.400. The Kier molecular flexibility index (Phi) is 4.63. The standard InChI is InChI=1S/C15H18ClN3O2/c1-8(2)21-15-18-13(17-14(16)19-15)12-10(4)6-9(3)7-11(12)20-5/h6-8H,1-5H3. The molecule has 0 N–H and O–H groups in total. The van der Waals surface area contributed by atoms with Crippen LogP contribution in [-0.4, -0.2) is 28.2 Å². The van der Waals surface area contributed by atoms with Crippen LogP contribution in [-0.2, 0) is 0 Å². The molecule has 0 bridgehead atoms. The zero-order chi connectivity index (χ0) is 15.6. The number of rotatable bonds is 4. The zero-order valence-corrected chi connectivity index (χ0v) is 13.5. The highest BCUT2D eigenvalue weighted by atomic mass is 35.5. The first-order chi connectivity index (χ1) is 9.90. The summed E-state index contributed by atoms with van der Waals surface area (Å²) in [4.78, 5) is 12.5. The molecule has 5 nitrogen and oxygen atoms in total. The molecule has 0 saturated carbocycles. The van der Waals surface area contributed by atoms with E-state index in [9.17, 15) is 0 Å². The first-order valence-corrected chi connectivity index (χ1v) is 7.02. The predicted molar refractivity (Wildman–Crippen MR) is 82.1 cm³/mol. The lowest BCUT2D eigenvalue weighted by Gasteiger charge is -2.13. The van der Waals surface area contributed by atoms with Crippen LogP contribution in [0.1, 0.15) is 25.0 Å². The number of hydrogen-bond donors (Lipinski definition) is 0. The molecular weight excluding hydrogens is 290 g/mol. The van der Waals surface area contributed by atoms with Crippen molar-refractivity contribution in [3.8, 4) is 23.1 Å². The summed E-state index contributed by atoms with van der Waals surface area (Å²) in [5.41, 5.74) is 2.90. The molecule has 21 heavy (non-hydrogen) atoms. The van der Waals surface area contributed by atoms with E-state index in [2.05, 4.69) is 15.0 Å². The molecule has 2 rings (SSSR count). The monoisotopic (exact) mass is 307 g/mol. The van der Waals surface area contributed by atoms with Gasteiger partial charge in [0.25, 0.3) is 0 Å². The van der Waals surface area contributed by atoms with E-state index in [-0.39, 0.29) is 17.4 Å². The lowest BCUT2D eigenvalue weighted by atomic mass is 10.0. The van der Waals surface area contributed by atoms with Gasteiger partial charge in [-0.25, -0.2) is 0 Å². The summed E-state index contributed by atoms with van der Waals surface area (Å²) in [5.74, 6) is 1.14. The third kappa shape index (κ3) is 3.61. The van der Waals surface area contributed by atoms with Gasteiger partial charge < -0.3 is 9.47 Å². The summed E-state index contributed by atoms with van der Waals surface area (Å²) in [7, 11) is 1.62. The van der Waals surface area contributed by atoms with Gasteiger partial charge in [-0.15, -0.1) is 0 Å².